The van der Waals surface area contributed by atoms with E-state index in [4.69, 9.17) is 9.15 Å². The summed E-state index contributed by atoms with van der Waals surface area (Å²) in [6.07, 6.45) is 1.86. The summed E-state index contributed by atoms with van der Waals surface area (Å²) in [4.78, 5) is 4.04. The zero-order valence-electron chi connectivity index (χ0n) is 17.1. The lowest BCUT2D eigenvalue weighted by molar-refractivity contribution is 0.321. The number of nitrogens with zero attached hydrogens (tertiary/aromatic N) is 4. The first-order valence-electron chi connectivity index (χ1n) is 9.77. The summed E-state index contributed by atoms with van der Waals surface area (Å²) in [6, 6.07) is 16.4. The lowest BCUT2D eigenvalue weighted by Crippen LogP contribution is -2.01. The normalized spacial score (nSPS) is 10.6. The second-order valence-electron chi connectivity index (χ2n) is 6.74. The number of benzene rings is 2. The third kappa shape index (κ3) is 4.26. The highest BCUT2D eigenvalue weighted by atomic mass is 19.1. The van der Waals surface area contributed by atoms with E-state index in [0.717, 1.165) is 11.3 Å². The van der Waals surface area contributed by atoms with Crippen LogP contribution in [0.4, 0.5) is 10.3 Å². The lowest BCUT2D eigenvalue weighted by Gasteiger charge is -2.07. The van der Waals surface area contributed by atoms with Gasteiger partial charge in [-0.2, -0.15) is 10.4 Å². The number of ether oxygens (including phenoxy) is 1. The fraction of sp³-hybridized carbons (Fsp3) is 0.174. The molecule has 156 valence electrons. The molecule has 0 unspecified atom stereocenters. The highest BCUT2D eigenvalue weighted by Gasteiger charge is 2.17. The van der Waals surface area contributed by atoms with E-state index >= 15 is 0 Å². The molecular weight excluding hydrogens is 397 g/mol. The molecule has 0 fully saturated rings. The summed E-state index contributed by atoms with van der Waals surface area (Å²) in [7, 11) is 0. The van der Waals surface area contributed by atoms with Crippen LogP contribution in [0.3, 0.4) is 0 Å². The van der Waals surface area contributed by atoms with Gasteiger partial charge in [0.2, 0.25) is 11.6 Å². The van der Waals surface area contributed by atoms with E-state index in [1.54, 1.807) is 30.7 Å². The minimum atomic E-state index is -0.454. The second kappa shape index (κ2) is 8.71. The summed E-state index contributed by atoms with van der Waals surface area (Å²) < 4.78 is 27.0. The Bertz CT molecular complexity index is 1240. The molecule has 0 aliphatic carbocycles. The van der Waals surface area contributed by atoms with Gasteiger partial charge in [0.25, 0.3) is 0 Å². The molecule has 0 aliphatic heterocycles. The molecular formula is C23H20FN5O2. The Morgan fingerprint density at radius 1 is 1.23 bits per heavy atom. The van der Waals surface area contributed by atoms with E-state index < -0.39 is 5.82 Å². The molecule has 0 radical (unpaired) electrons. The molecule has 8 heteroatoms. The Morgan fingerprint density at radius 3 is 2.74 bits per heavy atom. The Balaban J connectivity index is 1.72. The van der Waals surface area contributed by atoms with E-state index in [9.17, 15) is 9.65 Å². The summed E-state index contributed by atoms with van der Waals surface area (Å²) in [5, 5.41) is 17.0. The van der Waals surface area contributed by atoms with Gasteiger partial charge >= 0.3 is 0 Å². The van der Waals surface area contributed by atoms with Crippen molar-refractivity contribution in [2.75, 3.05) is 11.9 Å². The zero-order valence-corrected chi connectivity index (χ0v) is 17.1. The fourth-order valence-electron chi connectivity index (χ4n) is 3.21. The maximum atomic E-state index is 14.5. The van der Waals surface area contributed by atoms with Crippen molar-refractivity contribution in [3.8, 4) is 28.8 Å². The minimum Gasteiger partial charge on any atom is -0.491 e. The summed E-state index contributed by atoms with van der Waals surface area (Å²) in [5.41, 5.74) is 3.07. The van der Waals surface area contributed by atoms with Crippen LogP contribution in [-0.2, 0) is 6.54 Å². The van der Waals surface area contributed by atoms with Crippen LogP contribution in [-0.4, -0.2) is 21.4 Å². The number of aromatic nitrogens is 3. The molecule has 0 aliphatic rings. The SMILES string of the molecule is CCOc1ccc(-c2nn(-c3ccccc3)cc2CNc2oc(C)nc2C#N)cc1F. The van der Waals surface area contributed by atoms with Crippen molar-refractivity contribution in [3.05, 3.63) is 77.7 Å². The van der Waals surface area contributed by atoms with Crippen molar-refractivity contribution in [2.24, 2.45) is 0 Å². The van der Waals surface area contributed by atoms with Crippen LogP contribution in [0.25, 0.3) is 16.9 Å². The monoisotopic (exact) mass is 417 g/mol. The van der Waals surface area contributed by atoms with Crippen molar-refractivity contribution in [3.63, 3.8) is 0 Å². The molecule has 7 nitrogen and oxygen atoms in total. The van der Waals surface area contributed by atoms with Gasteiger partial charge in [-0.05, 0) is 37.3 Å². The van der Waals surface area contributed by atoms with E-state index in [0.29, 0.717) is 30.3 Å². The van der Waals surface area contributed by atoms with E-state index in [-0.39, 0.29) is 17.3 Å². The van der Waals surface area contributed by atoms with Gasteiger partial charge in [0.15, 0.2) is 17.5 Å². The van der Waals surface area contributed by atoms with Gasteiger partial charge in [-0.1, -0.05) is 18.2 Å². The van der Waals surface area contributed by atoms with Gasteiger partial charge in [0.1, 0.15) is 6.07 Å². The number of halogens is 1. The molecule has 0 atom stereocenters. The van der Waals surface area contributed by atoms with Crippen LogP contribution in [0.1, 0.15) is 24.1 Å². The van der Waals surface area contributed by atoms with Crippen LogP contribution in [0, 0.1) is 24.1 Å². The molecule has 0 spiro atoms. The average molecular weight is 417 g/mol. The maximum Gasteiger partial charge on any atom is 0.232 e. The zero-order chi connectivity index (χ0) is 21.8. The molecule has 0 amide bonds. The van der Waals surface area contributed by atoms with Crippen LogP contribution in [0.15, 0.2) is 59.1 Å². The number of nitrogens with one attached hydrogen (secondary N) is 1. The molecule has 4 aromatic rings. The molecule has 2 aromatic heterocycles. The Kier molecular flexibility index (Phi) is 5.67. The summed E-state index contributed by atoms with van der Waals surface area (Å²) >= 11 is 0. The molecule has 31 heavy (non-hydrogen) atoms. The van der Waals surface area contributed by atoms with Crippen molar-refractivity contribution in [1.82, 2.24) is 14.8 Å². The van der Waals surface area contributed by atoms with E-state index in [1.165, 1.54) is 6.07 Å². The van der Waals surface area contributed by atoms with Gasteiger partial charge < -0.3 is 14.5 Å². The number of nitriles is 1. The van der Waals surface area contributed by atoms with Gasteiger partial charge in [-0.25, -0.2) is 14.1 Å². The average Bonchev–Trinajstić information content (AvgIpc) is 3.37. The molecule has 2 aromatic carbocycles. The van der Waals surface area contributed by atoms with E-state index in [2.05, 4.69) is 15.4 Å². The quantitative estimate of drug-likeness (QED) is 0.462. The van der Waals surface area contributed by atoms with Crippen LogP contribution < -0.4 is 10.1 Å². The first-order chi connectivity index (χ1) is 15.1. The lowest BCUT2D eigenvalue weighted by atomic mass is 10.1. The number of oxazole rings is 1. The van der Waals surface area contributed by atoms with Gasteiger partial charge in [0, 0.05) is 30.8 Å². The number of aryl methyl sites for hydroxylation is 1. The maximum absolute atomic E-state index is 14.5. The minimum absolute atomic E-state index is 0.182. The highest BCUT2D eigenvalue weighted by Crippen LogP contribution is 2.29. The van der Waals surface area contributed by atoms with E-state index in [1.807, 2.05) is 42.6 Å². The van der Waals surface area contributed by atoms with Crippen molar-refractivity contribution in [2.45, 2.75) is 20.4 Å². The number of rotatable bonds is 7. The molecule has 0 saturated heterocycles. The first kappa shape index (κ1) is 20.2. The largest absolute Gasteiger partial charge is 0.491 e. The topological polar surface area (TPSA) is 88.9 Å². The Labute approximate surface area is 178 Å². The molecule has 0 saturated carbocycles. The smallest absolute Gasteiger partial charge is 0.232 e. The molecule has 2 heterocycles. The third-order valence-corrected chi connectivity index (χ3v) is 4.60. The highest BCUT2D eigenvalue weighted by molar-refractivity contribution is 5.65. The van der Waals surface area contributed by atoms with Gasteiger partial charge in [0.05, 0.1) is 18.0 Å². The van der Waals surface area contributed by atoms with Gasteiger partial charge in [-0.3, -0.25) is 0 Å². The van der Waals surface area contributed by atoms with Crippen molar-refractivity contribution >= 4 is 5.88 Å². The number of hydrogen-bond donors (Lipinski definition) is 1. The number of para-hydroxylation sites is 1. The van der Waals surface area contributed by atoms with Crippen LogP contribution in [0.5, 0.6) is 5.75 Å². The molecule has 0 bridgehead atoms. The van der Waals surface area contributed by atoms with Gasteiger partial charge in [-0.15, -0.1) is 0 Å². The molecule has 1 N–H and O–H groups in total. The predicted octanol–water partition coefficient (Wildman–Crippen LogP) is 4.86. The number of anilines is 1. The van der Waals surface area contributed by atoms with Crippen LogP contribution in [0.2, 0.25) is 0 Å². The number of hydrogen-bond acceptors (Lipinski definition) is 6. The first-order valence-corrected chi connectivity index (χ1v) is 9.77. The standard InChI is InChI=1S/C23H20FN5O2/c1-3-30-21-10-9-16(11-19(21)24)22-17(13-26-23-20(12-25)27-15(2)31-23)14-29(28-22)18-7-5-4-6-8-18/h4-11,14,26H,3,13H2,1-2H3. The molecule has 4 rings (SSSR count). The Hall–Kier alpha value is -4.12. The summed E-state index contributed by atoms with van der Waals surface area (Å²) in [6.45, 7) is 4.17. The second-order valence-corrected chi connectivity index (χ2v) is 6.74. The summed E-state index contributed by atoms with van der Waals surface area (Å²) in [5.74, 6) is 0.429. The van der Waals surface area contributed by atoms with Crippen molar-refractivity contribution in [1.29, 1.82) is 5.26 Å². The fourth-order valence-corrected chi connectivity index (χ4v) is 3.21. The predicted molar refractivity (Wildman–Crippen MR) is 113 cm³/mol. The van der Waals surface area contributed by atoms with Crippen LogP contribution >= 0.6 is 0 Å². The Morgan fingerprint density at radius 2 is 2.03 bits per heavy atom. The van der Waals surface area contributed by atoms with Crippen molar-refractivity contribution < 1.29 is 13.5 Å². The third-order valence-electron chi connectivity index (χ3n) is 4.60.